The summed E-state index contributed by atoms with van der Waals surface area (Å²) in [7, 11) is 0. The summed E-state index contributed by atoms with van der Waals surface area (Å²) in [5.74, 6) is 1.40. The Labute approximate surface area is 122 Å². The van der Waals surface area contributed by atoms with E-state index in [0.29, 0.717) is 17.3 Å². The minimum absolute atomic E-state index is 0.110. The van der Waals surface area contributed by atoms with Gasteiger partial charge in [0.15, 0.2) is 5.82 Å². The van der Waals surface area contributed by atoms with Crippen molar-refractivity contribution in [3.05, 3.63) is 40.8 Å². The molecule has 1 N–H and O–H groups in total. The smallest absolute Gasteiger partial charge is 0.161 e. The normalized spacial score (nSPS) is 14.3. The van der Waals surface area contributed by atoms with Crippen LogP contribution in [0.3, 0.4) is 0 Å². The number of aromatic nitrogens is 2. The van der Waals surface area contributed by atoms with E-state index in [9.17, 15) is 4.39 Å². The molecule has 1 aromatic carbocycles. The Hall–Kier alpha value is -1.68. The van der Waals surface area contributed by atoms with Gasteiger partial charge in [0.25, 0.3) is 0 Å². The van der Waals surface area contributed by atoms with Gasteiger partial charge in [-0.25, -0.2) is 14.4 Å². The van der Waals surface area contributed by atoms with E-state index in [-0.39, 0.29) is 5.02 Å². The Morgan fingerprint density at radius 2 is 2.10 bits per heavy atom. The maximum atomic E-state index is 13.6. The highest BCUT2D eigenvalue weighted by Crippen LogP contribution is 2.40. The van der Waals surface area contributed by atoms with E-state index in [1.165, 1.54) is 12.1 Å². The molecule has 0 saturated heterocycles. The average Bonchev–Trinajstić information content (AvgIpc) is 3.26. The minimum Gasteiger partial charge on any atom is -0.370 e. The highest BCUT2D eigenvalue weighted by molar-refractivity contribution is 6.30. The SMILES string of the molecule is CCNc1cc(C2CC2)nc(-c2ccc(Cl)c(F)c2)n1. The van der Waals surface area contributed by atoms with Crippen LogP contribution in [0, 0.1) is 5.82 Å². The Kier molecular flexibility index (Phi) is 3.57. The second kappa shape index (κ2) is 5.37. The number of anilines is 1. The van der Waals surface area contributed by atoms with Crippen molar-refractivity contribution in [3.8, 4) is 11.4 Å². The fraction of sp³-hybridized carbons (Fsp3) is 0.333. The Morgan fingerprint density at radius 1 is 1.30 bits per heavy atom. The predicted molar refractivity (Wildman–Crippen MR) is 78.6 cm³/mol. The van der Waals surface area contributed by atoms with Crippen molar-refractivity contribution in [3.63, 3.8) is 0 Å². The lowest BCUT2D eigenvalue weighted by atomic mass is 10.2. The number of rotatable bonds is 4. The van der Waals surface area contributed by atoms with Gasteiger partial charge in [-0.2, -0.15) is 0 Å². The van der Waals surface area contributed by atoms with Crippen molar-refractivity contribution in [1.29, 1.82) is 0 Å². The van der Waals surface area contributed by atoms with Crippen LogP contribution in [0.2, 0.25) is 5.02 Å². The lowest BCUT2D eigenvalue weighted by molar-refractivity contribution is 0.628. The van der Waals surface area contributed by atoms with Crippen molar-refractivity contribution < 1.29 is 4.39 Å². The van der Waals surface area contributed by atoms with Crippen LogP contribution in [-0.4, -0.2) is 16.5 Å². The van der Waals surface area contributed by atoms with Crippen molar-refractivity contribution in [2.75, 3.05) is 11.9 Å². The molecule has 1 heterocycles. The molecule has 0 atom stereocenters. The Bertz CT molecular complexity index is 641. The maximum absolute atomic E-state index is 13.6. The first kappa shape index (κ1) is 13.3. The largest absolute Gasteiger partial charge is 0.370 e. The molecule has 3 nitrogen and oxygen atoms in total. The summed E-state index contributed by atoms with van der Waals surface area (Å²) in [6.45, 7) is 2.80. The van der Waals surface area contributed by atoms with Crippen LogP contribution < -0.4 is 5.32 Å². The van der Waals surface area contributed by atoms with Crippen LogP contribution in [0.25, 0.3) is 11.4 Å². The summed E-state index contributed by atoms with van der Waals surface area (Å²) in [6.07, 6.45) is 2.33. The second-order valence-electron chi connectivity index (χ2n) is 4.94. The summed E-state index contributed by atoms with van der Waals surface area (Å²) in [6, 6.07) is 6.64. The molecule has 1 aliphatic rings. The quantitative estimate of drug-likeness (QED) is 0.915. The number of benzene rings is 1. The summed E-state index contributed by atoms with van der Waals surface area (Å²) in [5.41, 5.74) is 1.68. The zero-order valence-corrected chi connectivity index (χ0v) is 11.9. The van der Waals surface area contributed by atoms with Gasteiger partial charge in [0.05, 0.1) is 5.02 Å². The van der Waals surface area contributed by atoms with Crippen molar-refractivity contribution in [1.82, 2.24) is 9.97 Å². The molecule has 1 fully saturated rings. The van der Waals surface area contributed by atoms with E-state index < -0.39 is 5.82 Å². The fourth-order valence-corrected chi connectivity index (χ4v) is 2.21. The molecule has 0 aliphatic heterocycles. The third-order valence-corrected chi connectivity index (χ3v) is 3.58. The molecule has 0 bridgehead atoms. The number of halogens is 2. The van der Waals surface area contributed by atoms with Gasteiger partial charge in [0, 0.05) is 29.8 Å². The maximum Gasteiger partial charge on any atom is 0.161 e. The minimum atomic E-state index is -0.449. The molecule has 20 heavy (non-hydrogen) atoms. The van der Waals surface area contributed by atoms with E-state index in [4.69, 9.17) is 11.6 Å². The number of nitrogens with one attached hydrogen (secondary N) is 1. The van der Waals surface area contributed by atoms with Crippen molar-refractivity contribution in [2.24, 2.45) is 0 Å². The van der Waals surface area contributed by atoms with Crippen LogP contribution in [-0.2, 0) is 0 Å². The average molecular weight is 292 g/mol. The number of hydrogen-bond acceptors (Lipinski definition) is 3. The number of hydrogen-bond donors (Lipinski definition) is 1. The molecule has 0 radical (unpaired) electrons. The third kappa shape index (κ3) is 2.75. The van der Waals surface area contributed by atoms with Crippen LogP contribution in [0.1, 0.15) is 31.4 Å². The first-order valence-electron chi connectivity index (χ1n) is 6.75. The predicted octanol–water partition coefficient (Wildman–Crippen LogP) is 4.25. The van der Waals surface area contributed by atoms with Crippen LogP contribution in [0.4, 0.5) is 10.2 Å². The molecule has 1 saturated carbocycles. The first-order valence-corrected chi connectivity index (χ1v) is 7.13. The van der Waals surface area contributed by atoms with Gasteiger partial charge >= 0.3 is 0 Å². The van der Waals surface area contributed by atoms with Gasteiger partial charge in [-0.05, 0) is 38.0 Å². The molecular weight excluding hydrogens is 277 g/mol. The molecule has 0 amide bonds. The summed E-state index contributed by atoms with van der Waals surface area (Å²) < 4.78 is 13.6. The fourth-order valence-electron chi connectivity index (χ4n) is 2.09. The zero-order valence-electron chi connectivity index (χ0n) is 11.2. The van der Waals surface area contributed by atoms with Crippen molar-refractivity contribution in [2.45, 2.75) is 25.7 Å². The van der Waals surface area contributed by atoms with E-state index in [1.54, 1.807) is 6.07 Å². The third-order valence-electron chi connectivity index (χ3n) is 3.28. The Balaban J connectivity index is 2.04. The van der Waals surface area contributed by atoms with Crippen LogP contribution >= 0.6 is 11.6 Å². The molecule has 2 aromatic rings. The van der Waals surface area contributed by atoms with Crippen LogP contribution in [0.15, 0.2) is 24.3 Å². The van der Waals surface area contributed by atoms with E-state index >= 15 is 0 Å². The topological polar surface area (TPSA) is 37.8 Å². The van der Waals surface area contributed by atoms with Gasteiger partial charge < -0.3 is 5.32 Å². The van der Waals surface area contributed by atoms with Gasteiger partial charge in [-0.1, -0.05) is 11.6 Å². The highest BCUT2D eigenvalue weighted by atomic mass is 35.5. The molecule has 0 unspecified atom stereocenters. The van der Waals surface area contributed by atoms with Gasteiger partial charge in [-0.3, -0.25) is 0 Å². The van der Waals surface area contributed by atoms with E-state index in [1.807, 2.05) is 13.0 Å². The van der Waals surface area contributed by atoms with Gasteiger partial charge in [0.2, 0.25) is 0 Å². The molecule has 104 valence electrons. The molecule has 1 aromatic heterocycles. The highest BCUT2D eigenvalue weighted by Gasteiger charge is 2.26. The van der Waals surface area contributed by atoms with Gasteiger partial charge in [-0.15, -0.1) is 0 Å². The molecule has 0 spiro atoms. The second-order valence-corrected chi connectivity index (χ2v) is 5.34. The van der Waals surface area contributed by atoms with Crippen molar-refractivity contribution >= 4 is 17.4 Å². The molecule has 1 aliphatic carbocycles. The van der Waals surface area contributed by atoms with Crippen LogP contribution in [0.5, 0.6) is 0 Å². The lowest BCUT2D eigenvalue weighted by Crippen LogP contribution is -2.03. The summed E-state index contributed by atoms with van der Waals surface area (Å²) in [4.78, 5) is 9.00. The monoisotopic (exact) mass is 291 g/mol. The van der Waals surface area contributed by atoms with E-state index in [0.717, 1.165) is 30.9 Å². The van der Waals surface area contributed by atoms with Gasteiger partial charge in [0.1, 0.15) is 11.6 Å². The summed E-state index contributed by atoms with van der Waals surface area (Å²) in [5, 5.41) is 3.31. The molecule has 3 rings (SSSR count). The Morgan fingerprint density at radius 3 is 2.75 bits per heavy atom. The molecule has 5 heteroatoms. The standard InChI is InChI=1S/C15H15ClFN3/c1-2-18-14-8-13(9-3-4-9)19-15(20-14)10-5-6-11(16)12(17)7-10/h5-9H,2-4H2,1H3,(H,18,19,20). The summed E-state index contributed by atoms with van der Waals surface area (Å²) >= 11 is 5.71. The number of nitrogens with zero attached hydrogens (tertiary/aromatic N) is 2. The van der Waals surface area contributed by atoms with E-state index in [2.05, 4.69) is 15.3 Å². The first-order chi connectivity index (χ1) is 9.67. The molecular formula is C15H15ClFN3. The zero-order chi connectivity index (χ0) is 14.1. The lowest BCUT2D eigenvalue weighted by Gasteiger charge is -2.09.